The number of carbonyl (C=O) groups excluding carboxylic acids is 1. The molecule has 1 fully saturated rings. The summed E-state index contributed by atoms with van der Waals surface area (Å²) in [5.41, 5.74) is 1.37. The van der Waals surface area contributed by atoms with Gasteiger partial charge < -0.3 is 20.3 Å². The van der Waals surface area contributed by atoms with E-state index in [0.717, 1.165) is 11.7 Å². The van der Waals surface area contributed by atoms with Crippen molar-refractivity contribution in [3.63, 3.8) is 0 Å². The van der Waals surface area contributed by atoms with E-state index in [1.807, 2.05) is 50.1 Å². The molecule has 210 valence electrons. The van der Waals surface area contributed by atoms with Crippen LogP contribution in [0.2, 0.25) is 0 Å². The molecule has 12 heteroatoms. The number of carbonyl (C=O) groups is 1. The van der Waals surface area contributed by atoms with Crippen molar-refractivity contribution in [2.24, 2.45) is 0 Å². The van der Waals surface area contributed by atoms with Crippen LogP contribution < -0.4 is 15.5 Å². The number of ether oxygens (including phenoxy) is 1. The van der Waals surface area contributed by atoms with E-state index in [9.17, 15) is 9.18 Å². The third-order valence-corrected chi connectivity index (χ3v) is 6.56. The minimum absolute atomic E-state index is 0.00269. The largest absolute Gasteiger partial charge is 0.444 e. The first-order chi connectivity index (χ1) is 19.1. The first-order valence-corrected chi connectivity index (χ1v) is 13.2. The Morgan fingerprint density at radius 3 is 2.58 bits per heavy atom. The lowest BCUT2D eigenvalue weighted by atomic mass is 10.1. The molecule has 2 N–H and O–H groups in total. The van der Waals surface area contributed by atoms with Crippen molar-refractivity contribution in [3.05, 3.63) is 66.3 Å². The molecule has 0 bridgehead atoms. The van der Waals surface area contributed by atoms with Gasteiger partial charge in [-0.05, 0) is 64.8 Å². The molecule has 4 aromatic rings. The van der Waals surface area contributed by atoms with Crippen LogP contribution in [-0.4, -0.2) is 55.4 Å². The van der Waals surface area contributed by atoms with Gasteiger partial charge in [0.15, 0.2) is 17.5 Å². The second-order valence-corrected chi connectivity index (χ2v) is 10.8. The Labute approximate surface area is 230 Å². The molecule has 0 radical (unpaired) electrons. The number of hydrogen-bond acceptors (Lipinski definition) is 8. The van der Waals surface area contributed by atoms with Crippen LogP contribution in [-0.2, 0) is 4.74 Å². The lowest BCUT2D eigenvalue weighted by Crippen LogP contribution is -2.46. The molecule has 4 aromatic heterocycles. The number of anilines is 2. The highest BCUT2D eigenvalue weighted by Crippen LogP contribution is 2.32. The van der Waals surface area contributed by atoms with E-state index >= 15 is 4.39 Å². The van der Waals surface area contributed by atoms with E-state index < -0.39 is 29.4 Å². The zero-order valence-corrected chi connectivity index (χ0v) is 22.9. The van der Waals surface area contributed by atoms with E-state index in [-0.39, 0.29) is 17.7 Å². The number of fused-ring (bicyclic) bond motifs is 1. The average molecular weight is 551 g/mol. The number of nitrogens with one attached hydrogen (secondary N) is 2. The Hall–Kier alpha value is -4.35. The average Bonchev–Trinajstić information content (AvgIpc) is 3.34. The quantitative estimate of drug-likeness (QED) is 0.340. The summed E-state index contributed by atoms with van der Waals surface area (Å²) in [7, 11) is 0. The predicted molar refractivity (Wildman–Crippen MR) is 147 cm³/mol. The first kappa shape index (κ1) is 27.2. The van der Waals surface area contributed by atoms with Crippen LogP contribution in [0.15, 0.2) is 48.9 Å². The molecule has 0 aliphatic carbocycles. The number of alkyl carbamates (subject to hydrolysis) is 1. The number of nitrogens with zero attached hydrogens (tertiary/aromatic N) is 6. The number of rotatable bonds is 6. The van der Waals surface area contributed by atoms with Crippen LogP contribution in [0.4, 0.5) is 25.2 Å². The zero-order valence-electron chi connectivity index (χ0n) is 22.9. The lowest BCUT2D eigenvalue weighted by Gasteiger charge is -2.34. The highest BCUT2D eigenvalue weighted by atomic mass is 19.1. The summed E-state index contributed by atoms with van der Waals surface area (Å²) < 4.78 is 36.5. The number of halogens is 2. The molecule has 10 nitrogen and oxygen atoms in total. The van der Waals surface area contributed by atoms with Gasteiger partial charge in [0.05, 0.1) is 35.2 Å². The smallest absolute Gasteiger partial charge is 0.407 e. The SMILES string of the molecule is C[C@H](Nc1nc(-c2cnn3ccccc23)nc(N2CCC(NC(=O)OC(C)(C)C)CC2)c1F)c1ccc(F)cn1. The van der Waals surface area contributed by atoms with Gasteiger partial charge in [0.25, 0.3) is 0 Å². The Morgan fingerprint density at radius 1 is 1.10 bits per heavy atom. The van der Waals surface area contributed by atoms with Gasteiger partial charge in [0.2, 0.25) is 5.82 Å². The van der Waals surface area contributed by atoms with Crippen molar-refractivity contribution in [1.29, 1.82) is 0 Å². The zero-order chi connectivity index (χ0) is 28.4. The van der Waals surface area contributed by atoms with E-state index in [1.165, 1.54) is 6.07 Å². The second-order valence-electron chi connectivity index (χ2n) is 10.8. The molecule has 1 aliphatic heterocycles. The van der Waals surface area contributed by atoms with E-state index in [2.05, 4.69) is 30.7 Å². The topological polar surface area (TPSA) is 110 Å². The van der Waals surface area contributed by atoms with Crippen molar-refractivity contribution < 1.29 is 18.3 Å². The first-order valence-electron chi connectivity index (χ1n) is 13.2. The summed E-state index contributed by atoms with van der Waals surface area (Å²) >= 11 is 0. The molecule has 0 spiro atoms. The maximum absolute atomic E-state index is 16.0. The highest BCUT2D eigenvalue weighted by molar-refractivity contribution is 5.77. The lowest BCUT2D eigenvalue weighted by molar-refractivity contribution is 0.0497. The molecule has 5 heterocycles. The number of pyridine rings is 2. The minimum atomic E-state index is -0.604. The standard InChI is InChI=1S/C28H32F2N8O2/c1-17(21-9-8-18(29)15-31-21)33-25-23(30)26(36-24(35-25)20-16-32-38-12-6-5-7-22(20)38)37-13-10-19(11-14-37)34-27(39)40-28(2,3)4/h5-9,12,15-17,19H,10-11,13-14H2,1-4H3,(H,34,39)(H,33,35,36)/t17-/m0/s1. The highest BCUT2D eigenvalue weighted by Gasteiger charge is 2.28. The van der Waals surface area contributed by atoms with Crippen LogP contribution in [0.3, 0.4) is 0 Å². The van der Waals surface area contributed by atoms with Gasteiger partial charge in [-0.3, -0.25) is 4.98 Å². The summed E-state index contributed by atoms with van der Waals surface area (Å²) in [6, 6.07) is 7.93. The summed E-state index contributed by atoms with van der Waals surface area (Å²) in [4.78, 5) is 27.4. The van der Waals surface area contributed by atoms with E-state index in [4.69, 9.17) is 4.74 Å². The van der Waals surface area contributed by atoms with Crippen molar-refractivity contribution in [2.75, 3.05) is 23.3 Å². The number of piperidine rings is 1. The monoisotopic (exact) mass is 550 g/mol. The van der Waals surface area contributed by atoms with Crippen molar-refractivity contribution in [2.45, 2.75) is 58.2 Å². The molecule has 0 unspecified atom stereocenters. The Morgan fingerprint density at radius 2 is 1.88 bits per heavy atom. The molecule has 1 amide bonds. The molecular weight excluding hydrogens is 518 g/mol. The molecule has 0 saturated carbocycles. The Kier molecular flexibility index (Phi) is 7.51. The summed E-state index contributed by atoms with van der Waals surface area (Å²) in [5.74, 6) is -0.590. The van der Waals surface area contributed by atoms with Gasteiger partial charge in [-0.15, -0.1) is 0 Å². The van der Waals surface area contributed by atoms with Gasteiger partial charge in [0, 0.05) is 25.3 Å². The fraction of sp³-hybridized carbons (Fsp3) is 0.393. The molecule has 1 aliphatic rings. The van der Waals surface area contributed by atoms with Crippen molar-refractivity contribution >= 4 is 23.2 Å². The van der Waals surface area contributed by atoms with Gasteiger partial charge in [-0.25, -0.2) is 23.7 Å². The van der Waals surface area contributed by atoms with Crippen molar-refractivity contribution in [3.8, 4) is 11.4 Å². The van der Waals surface area contributed by atoms with Crippen LogP contribution in [0.5, 0.6) is 0 Å². The Bertz CT molecular complexity index is 1490. The normalized spacial score (nSPS) is 15.2. The third kappa shape index (κ3) is 6.11. The van der Waals surface area contributed by atoms with Gasteiger partial charge >= 0.3 is 6.09 Å². The maximum Gasteiger partial charge on any atom is 0.407 e. The second kappa shape index (κ2) is 11.0. The van der Waals surface area contributed by atoms with Gasteiger partial charge in [-0.2, -0.15) is 9.49 Å². The molecule has 1 saturated heterocycles. The number of amides is 1. The van der Waals surface area contributed by atoms with Crippen LogP contribution in [0.1, 0.15) is 52.3 Å². The summed E-state index contributed by atoms with van der Waals surface area (Å²) in [6.45, 7) is 8.17. The fourth-order valence-corrected chi connectivity index (χ4v) is 4.60. The minimum Gasteiger partial charge on any atom is -0.444 e. The Balaban J connectivity index is 1.43. The van der Waals surface area contributed by atoms with Gasteiger partial charge in [-0.1, -0.05) is 6.07 Å². The molecule has 40 heavy (non-hydrogen) atoms. The van der Waals surface area contributed by atoms with Crippen molar-refractivity contribution in [1.82, 2.24) is 29.9 Å². The molecule has 5 rings (SSSR count). The number of hydrogen-bond donors (Lipinski definition) is 2. The van der Waals surface area contributed by atoms with Crippen LogP contribution >= 0.6 is 0 Å². The predicted octanol–water partition coefficient (Wildman–Crippen LogP) is 5.13. The summed E-state index contributed by atoms with van der Waals surface area (Å²) in [6.07, 6.45) is 5.30. The fourth-order valence-electron chi connectivity index (χ4n) is 4.60. The molecule has 1 atom stereocenters. The number of aromatic nitrogens is 5. The van der Waals surface area contributed by atoms with Gasteiger partial charge in [0.1, 0.15) is 11.4 Å². The molecular formula is C28H32F2N8O2. The summed E-state index contributed by atoms with van der Waals surface area (Å²) in [5, 5.41) is 10.4. The molecule has 0 aromatic carbocycles. The third-order valence-electron chi connectivity index (χ3n) is 6.56. The van der Waals surface area contributed by atoms with E-state index in [0.29, 0.717) is 43.0 Å². The van der Waals surface area contributed by atoms with E-state index in [1.54, 1.807) is 23.7 Å². The van der Waals surface area contributed by atoms with Crippen LogP contribution in [0, 0.1) is 11.6 Å². The van der Waals surface area contributed by atoms with Crippen LogP contribution in [0.25, 0.3) is 16.9 Å². The maximum atomic E-state index is 16.0.